The zero-order chi connectivity index (χ0) is 22.3. The number of aromatic nitrogens is 2. The Morgan fingerprint density at radius 3 is 2.47 bits per heavy atom. The average Bonchev–Trinajstić information content (AvgIpc) is 3.25. The van der Waals surface area contributed by atoms with Gasteiger partial charge in [0.05, 0.1) is 11.4 Å². The van der Waals surface area contributed by atoms with Gasteiger partial charge in [0.15, 0.2) is 5.69 Å². The number of amides is 1. The molecule has 0 bridgehead atoms. The molecule has 2 heterocycles. The zero-order valence-corrected chi connectivity index (χ0v) is 18.5. The normalized spacial score (nSPS) is 14.5. The fourth-order valence-electron chi connectivity index (χ4n) is 4.10. The summed E-state index contributed by atoms with van der Waals surface area (Å²) < 4.78 is 15.9. The van der Waals surface area contributed by atoms with Gasteiger partial charge >= 0.3 is 0 Å². The molecule has 2 aromatic carbocycles. The SMILES string of the molecule is CCCc1cc(C(=O)NCCN2CCN(c3ccccc3F)CC2)nn1-c1ccccc1. The van der Waals surface area contributed by atoms with Gasteiger partial charge in [0.1, 0.15) is 5.82 Å². The maximum Gasteiger partial charge on any atom is 0.271 e. The first kappa shape index (κ1) is 22.0. The minimum atomic E-state index is -0.175. The second-order valence-electron chi connectivity index (χ2n) is 8.05. The van der Waals surface area contributed by atoms with Crippen molar-refractivity contribution in [2.24, 2.45) is 0 Å². The van der Waals surface area contributed by atoms with Gasteiger partial charge in [-0.2, -0.15) is 5.10 Å². The number of halogens is 1. The first-order chi connectivity index (χ1) is 15.7. The number of nitrogens with zero attached hydrogens (tertiary/aromatic N) is 4. The van der Waals surface area contributed by atoms with E-state index in [1.807, 2.05) is 53.2 Å². The lowest BCUT2D eigenvalue weighted by atomic mass is 10.2. The second-order valence-corrected chi connectivity index (χ2v) is 8.05. The number of benzene rings is 2. The summed E-state index contributed by atoms with van der Waals surface area (Å²) in [7, 11) is 0. The molecule has 1 amide bonds. The van der Waals surface area contributed by atoms with Crippen LogP contribution < -0.4 is 10.2 Å². The lowest BCUT2D eigenvalue weighted by Gasteiger charge is -2.36. The van der Waals surface area contributed by atoms with Crippen LogP contribution in [0.15, 0.2) is 60.7 Å². The molecule has 3 aromatic rings. The first-order valence-electron chi connectivity index (χ1n) is 11.3. The highest BCUT2D eigenvalue weighted by Gasteiger charge is 2.20. The number of hydrogen-bond acceptors (Lipinski definition) is 4. The minimum absolute atomic E-state index is 0.151. The van der Waals surface area contributed by atoms with E-state index in [0.29, 0.717) is 17.9 Å². The summed E-state index contributed by atoms with van der Waals surface area (Å²) >= 11 is 0. The Kier molecular flexibility index (Phi) is 7.17. The van der Waals surface area contributed by atoms with E-state index < -0.39 is 0 Å². The molecule has 0 aliphatic carbocycles. The highest BCUT2D eigenvalue weighted by atomic mass is 19.1. The Morgan fingerprint density at radius 1 is 1.03 bits per heavy atom. The Balaban J connectivity index is 1.29. The number of anilines is 1. The Hall–Kier alpha value is -3.19. The predicted octanol–water partition coefficient (Wildman–Crippen LogP) is 3.52. The Bertz CT molecular complexity index is 1030. The number of carbonyl (C=O) groups excluding carboxylic acids is 1. The molecule has 0 saturated carbocycles. The van der Waals surface area contributed by atoms with Gasteiger partial charge in [0.25, 0.3) is 5.91 Å². The smallest absolute Gasteiger partial charge is 0.271 e. The van der Waals surface area contributed by atoms with Crippen LogP contribution in [0.5, 0.6) is 0 Å². The van der Waals surface area contributed by atoms with Crippen LogP contribution in [-0.2, 0) is 6.42 Å². The van der Waals surface area contributed by atoms with Gasteiger partial charge in [-0.1, -0.05) is 43.7 Å². The van der Waals surface area contributed by atoms with Crippen molar-refractivity contribution in [1.29, 1.82) is 0 Å². The van der Waals surface area contributed by atoms with Crippen LogP contribution in [0.1, 0.15) is 29.5 Å². The number of para-hydroxylation sites is 2. The summed E-state index contributed by atoms with van der Waals surface area (Å²) in [6, 6.07) is 18.7. The fraction of sp³-hybridized carbons (Fsp3) is 0.360. The molecule has 4 rings (SSSR count). The number of piperazine rings is 1. The van der Waals surface area contributed by atoms with Crippen LogP contribution in [0.25, 0.3) is 5.69 Å². The van der Waals surface area contributed by atoms with E-state index >= 15 is 0 Å². The van der Waals surface area contributed by atoms with Crippen molar-refractivity contribution in [1.82, 2.24) is 20.0 Å². The summed E-state index contributed by atoms with van der Waals surface area (Å²) in [5.41, 5.74) is 3.11. The fourth-order valence-corrected chi connectivity index (χ4v) is 4.10. The molecule has 0 atom stereocenters. The molecular formula is C25H30FN5O. The largest absolute Gasteiger partial charge is 0.367 e. The van der Waals surface area contributed by atoms with E-state index in [9.17, 15) is 9.18 Å². The molecule has 0 spiro atoms. The molecule has 1 aliphatic rings. The first-order valence-corrected chi connectivity index (χ1v) is 11.3. The van der Waals surface area contributed by atoms with Crippen LogP contribution >= 0.6 is 0 Å². The molecule has 1 fully saturated rings. The van der Waals surface area contributed by atoms with Crippen molar-refractivity contribution in [2.75, 3.05) is 44.2 Å². The summed E-state index contributed by atoms with van der Waals surface area (Å²) in [5.74, 6) is -0.326. The maximum atomic E-state index is 14.0. The molecular weight excluding hydrogens is 405 g/mol. The van der Waals surface area contributed by atoms with Crippen LogP contribution in [-0.4, -0.2) is 59.9 Å². The van der Waals surface area contributed by atoms with Crippen molar-refractivity contribution >= 4 is 11.6 Å². The van der Waals surface area contributed by atoms with Crippen molar-refractivity contribution in [3.05, 3.63) is 77.9 Å². The highest BCUT2D eigenvalue weighted by molar-refractivity contribution is 5.92. The lowest BCUT2D eigenvalue weighted by molar-refractivity contribution is 0.0942. The molecule has 1 aromatic heterocycles. The number of hydrogen-bond donors (Lipinski definition) is 1. The molecule has 6 nitrogen and oxygen atoms in total. The molecule has 32 heavy (non-hydrogen) atoms. The van der Waals surface area contributed by atoms with Crippen LogP contribution in [0.3, 0.4) is 0 Å². The summed E-state index contributed by atoms with van der Waals surface area (Å²) in [6.07, 6.45) is 1.85. The Morgan fingerprint density at radius 2 is 1.75 bits per heavy atom. The molecule has 0 unspecified atom stereocenters. The van der Waals surface area contributed by atoms with Crippen LogP contribution in [0, 0.1) is 5.82 Å². The monoisotopic (exact) mass is 435 g/mol. The van der Waals surface area contributed by atoms with Gasteiger partial charge in [0, 0.05) is 45.0 Å². The zero-order valence-electron chi connectivity index (χ0n) is 18.5. The topological polar surface area (TPSA) is 53.4 Å². The number of rotatable bonds is 8. The minimum Gasteiger partial charge on any atom is -0.367 e. The molecule has 1 saturated heterocycles. The molecule has 0 radical (unpaired) electrons. The van der Waals surface area contributed by atoms with E-state index in [2.05, 4.69) is 27.1 Å². The van der Waals surface area contributed by atoms with E-state index in [1.165, 1.54) is 6.07 Å². The van der Waals surface area contributed by atoms with E-state index in [-0.39, 0.29) is 11.7 Å². The van der Waals surface area contributed by atoms with Crippen molar-refractivity contribution < 1.29 is 9.18 Å². The molecule has 1 N–H and O–H groups in total. The number of nitrogens with one attached hydrogen (secondary N) is 1. The van der Waals surface area contributed by atoms with E-state index in [4.69, 9.17) is 0 Å². The summed E-state index contributed by atoms with van der Waals surface area (Å²) in [6.45, 7) is 6.67. The predicted molar refractivity (Wildman–Crippen MR) is 125 cm³/mol. The van der Waals surface area contributed by atoms with Gasteiger partial charge in [-0.05, 0) is 36.8 Å². The second kappa shape index (κ2) is 10.4. The van der Waals surface area contributed by atoms with E-state index in [1.54, 1.807) is 6.07 Å². The standard InChI is InChI=1S/C25H30FN5O/c1-2-8-21-19-23(28-31(21)20-9-4-3-5-10-20)25(32)27-13-14-29-15-17-30(18-16-29)24-12-7-6-11-22(24)26/h3-7,9-12,19H,2,8,13-18H2,1H3,(H,27,32). The average molecular weight is 436 g/mol. The highest BCUT2D eigenvalue weighted by Crippen LogP contribution is 2.20. The molecule has 1 aliphatic heterocycles. The Labute approximate surface area is 188 Å². The summed E-state index contributed by atoms with van der Waals surface area (Å²) in [5, 5.41) is 7.57. The van der Waals surface area contributed by atoms with Gasteiger partial charge in [-0.15, -0.1) is 0 Å². The summed E-state index contributed by atoms with van der Waals surface area (Å²) in [4.78, 5) is 17.1. The van der Waals surface area contributed by atoms with Crippen LogP contribution in [0.2, 0.25) is 0 Å². The third-order valence-electron chi connectivity index (χ3n) is 5.80. The quantitative estimate of drug-likeness (QED) is 0.588. The van der Waals surface area contributed by atoms with Gasteiger partial charge < -0.3 is 10.2 Å². The molecule has 168 valence electrons. The van der Waals surface area contributed by atoms with Gasteiger partial charge in [0.2, 0.25) is 0 Å². The van der Waals surface area contributed by atoms with Gasteiger partial charge in [-0.25, -0.2) is 9.07 Å². The van der Waals surface area contributed by atoms with Crippen molar-refractivity contribution in [3.8, 4) is 5.69 Å². The third kappa shape index (κ3) is 5.16. The van der Waals surface area contributed by atoms with Crippen molar-refractivity contribution in [3.63, 3.8) is 0 Å². The van der Waals surface area contributed by atoms with E-state index in [0.717, 1.165) is 56.9 Å². The number of aryl methyl sites for hydroxylation is 1. The van der Waals surface area contributed by atoms with Gasteiger partial charge in [-0.3, -0.25) is 9.69 Å². The van der Waals surface area contributed by atoms with Crippen molar-refractivity contribution in [2.45, 2.75) is 19.8 Å². The maximum absolute atomic E-state index is 14.0. The number of carbonyl (C=O) groups is 1. The lowest BCUT2D eigenvalue weighted by Crippen LogP contribution is -2.48. The molecule has 7 heteroatoms. The van der Waals surface area contributed by atoms with Crippen LogP contribution in [0.4, 0.5) is 10.1 Å². The third-order valence-corrected chi connectivity index (χ3v) is 5.80.